The summed E-state index contributed by atoms with van der Waals surface area (Å²) in [6, 6.07) is 23.4. The number of H-pyrrole nitrogens is 1. The molecular weight excluding hydrogens is 388 g/mol. The van der Waals surface area contributed by atoms with E-state index in [1.165, 1.54) is 24.5 Å². The number of aromatic hydroxyl groups is 2. The normalized spacial score (nSPS) is 13.3. The molecule has 1 fully saturated rings. The molecule has 0 unspecified atom stereocenters. The highest BCUT2D eigenvalue weighted by atomic mass is 16.3. The maximum Gasteiger partial charge on any atom is 0.127 e. The molecule has 31 heavy (non-hydrogen) atoms. The van der Waals surface area contributed by atoms with Crippen LogP contribution in [0.5, 0.6) is 11.5 Å². The van der Waals surface area contributed by atoms with E-state index in [1.807, 2.05) is 36.4 Å². The average Bonchev–Trinajstić information content (AvgIpc) is 3.50. The predicted molar refractivity (Wildman–Crippen MR) is 122 cm³/mol. The van der Waals surface area contributed by atoms with Crippen LogP contribution in [-0.2, 0) is 6.54 Å². The number of rotatable bonds is 7. The van der Waals surface area contributed by atoms with Crippen LogP contribution in [0.2, 0.25) is 0 Å². The smallest absolute Gasteiger partial charge is 0.127 e. The SMILES string of the molecule is Oc1ccc(-c2ccc(-c3cc(Nc4cccc(CNC5CC5)c4)[nH]n3)cc2)c(O)c1. The summed E-state index contributed by atoms with van der Waals surface area (Å²) in [6.07, 6.45) is 2.57. The molecule has 1 aliphatic carbocycles. The number of nitrogens with zero attached hydrogens (tertiary/aromatic N) is 1. The quantitative estimate of drug-likeness (QED) is 0.289. The zero-order chi connectivity index (χ0) is 21.2. The van der Waals surface area contributed by atoms with Gasteiger partial charge in [0.2, 0.25) is 0 Å². The van der Waals surface area contributed by atoms with Gasteiger partial charge in [-0.2, -0.15) is 5.10 Å². The summed E-state index contributed by atoms with van der Waals surface area (Å²) in [7, 11) is 0. The van der Waals surface area contributed by atoms with Crippen molar-refractivity contribution in [1.29, 1.82) is 0 Å². The van der Waals surface area contributed by atoms with E-state index < -0.39 is 0 Å². The molecule has 0 aliphatic heterocycles. The molecular formula is C25H24N4O2. The van der Waals surface area contributed by atoms with Crippen molar-refractivity contribution in [2.75, 3.05) is 5.32 Å². The Morgan fingerprint density at radius 2 is 1.71 bits per heavy atom. The first-order chi connectivity index (χ1) is 15.1. The molecule has 4 aromatic rings. The molecule has 0 saturated heterocycles. The predicted octanol–water partition coefficient (Wildman–Crippen LogP) is 5.15. The molecule has 3 aromatic carbocycles. The fourth-order valence-electron chi connectivity index (χ4n) is 3.58. The fraction of sp³-hybridized carbons (Fsp3) is 0.160. The molecule has 5 rings (SSSR count). The molecule has 5 N–H and O–H groups in total. The van der Waals surface area contributed by atoms with E-state index in [-0.39, 0.29) is 11.5 Å². The largest absolute Gasteiger partial charge is 0.508 e. The number of phenolic OH excluding ortho intramolecular Hbond substituents is 2. The highest BCUT2D eigenvalue weighted by Gasteiger charge is 2.19. The van der Waals surface area contributed by atoms with E-state index in [0.29, 0.717) is 11.6 Å². The van der Waals surface area contributed by atoms with Crippen LogP contribution in [0.3, 0.4) is 0 Å². The number of phenols is 2. The molecule has 1 heterocycles. The van der Waals surface area contributed by atoms with Crippen LogP contribution in [0, 0.1) is 0 Å². The van der Waals surface area contributed by atoms with Gasteiger partial charge < -0.3 is 20.8 Å². The number of anilines is 2. The average molecular weight is 412 g/mol. The first-order valence-electron chi connectivity index (χ1n) is 10.4. The van der Waals surface area contributed by atoms with Crippen molar-refractivity contribution >= 4 is 11.5 Å². The van der Waals surface area contributed by atoms with Crippen molar-refractivity contribution in [3.8, 4) is 33.9 Å². The summed E-state index contributed by atoms with van der Waals surface area (Å²) >= 11 is 0. The van der Waals surface area contributed by atoms with E-state index in [2.05, 4.69) is 39.0 Å². The Bertz CT molecular complexity index is 1200. The van der Waals surface area contributed by atoms with Crippen molar-refractivity contribution in [2.45, 2.75) is 25.4 Å². The molecule has 1 aromatic heterocycles. The van der Waals surface area contributed by atoms with E-state index in [4.69, 9.17) is 0 Å². The Labute approximate surface area is 180 Å². The molecule has 0 atom stereocenters. The lowest BCUT2D eigenvalue weighted by atomic mass is 10.0. The van der Waals surface area contributed by atoms with Crippen molar-refractivity contribution in [1.82, 2.24) is 15.5 Å². The lowest BCUT2D eigenvalue weighted by molar-refractivity contribution is 0.452. The summed E-state index contributed by atoms with van der Waals surface area (Å²) in [5.74, 6) is 0.912. The summed E-state index contributed by atoms with van der Waals surface area (Å²) in [5.41, 5.74) is 5.61. The molecule has 1 aliphatic rings. The maximum absolute atomic E-state index is 10.1. The Morgan fingerprint density at radius 3 is 2.48 bits per heavy atom. The zero-order valence-electron chi connectivity index (χ0n) is 17.0. The van der Waals surface area contributed by atoms with Gasteiger partial charge in [0, 0.05) is 41.5 Å². The van der Waals surface area contributed by atoms with E-state index >= 15 is 0 Å². The number of nitrogens with one attached hydrogen (secondary N) is 3. The van der Waals surface area contributed by atoms with Gasteiger partial charge in [0.15, 0.2) is 0 Å². The zero-order valence-corrected chi connectivity index (χ0v) is 17.0. The summed E-state index contributed by atoms with van der Waals surface area (Å²) in [6.45, 7) is 0.886. The molecule has 0 bridgehead atoms. The summed E-state index contributed by atoms with van der Waals surface area (Å²) in [4.78, 5) is 0. The van der Waals surface area contributed by atoms with Gasteiger partial charge in [0.05, 0.1) is 5.69 Å². The van der Waals surface area contributed by atoms with Gasteiger partial charge in [-0.15, -0.1) is 0 Å². The number of hydrogen-bond acceptors (Lipinski definition) is 5. The monoisotopic (exact) mass is 412 g/mol. The molecule has 0 radical (unpaired) electrons. The first kappa shape index (κ1) is 19.2. The lowest BCUT2D eigenvalue weighted by Gasteiger charge is -2.07. The van der Waals surface area contributed by atoms with Crippen LogP contribution in [0.15, 0.2) is 72.8 Å². The van der Waals surface area contributed by atoms with Crippen LogP contribution < -0.4 is 10.6 Å². The van der Waals surface area contributed by atoms with Gasteiger partial charge in [-0.1, -0.05) is 36.4 Å². The minimum absolute atomic E-state index is 0.0409. The fourth-order valence-corrected chi connectivity index (χ4v) is 3.58. The van der Waals surface area contributed by atoms with E-state index in [1.54, 1.807) is 12.1 Å². The summed E-state index contributed by atoms with van der Waals surface area (Å²) in [5, 5.41) is 33.9. The second kappa shape index (κ2) is 8.16. The highest BCUT2D eigenvalue weighted by molar-refractivity contribution is 5.74. The van der Waals surface area contributed by atoms with Gasteiger partial charge >= 0.3 is 0 Å². The van der Waals surface area contributed by atoms with Crippen molar-refractivity contribution < 1.29 is 10.2 Å². The van der Waals surface area contributed by atoms with E-state index in [9.17, 15) is 10.2 Å². The summed E-state index contributed by atoms with van der Waals surface area (Å²) < 4.78 is 0. The Kier molecular flexibility index (Phi) is 5.06. The number of hydrogen-bond donors (Lipinski definition) is 5. The van der Waals surface area contributed by atoms with Crippen LogP contribution in [0.1, 0.15) is 18.4 Å². The Hall–Kier alpha value is -3.77. The van der Waals surface area contributed by atoms with Crippen LogP contribution in [-0.4, -0.2) is 26.5 Å². The van der Waals surface area contributed by atoms with Crippen LogP contribution in [0.25, 0.3) is 22.4 Å². The second-order valence-electron chi connectivity index (χ2n) is 7.93. The topological polar surface area (TPSA) is 93.2 Å². The van der Waals surface area contributed by atoms with Gasteiger partial charge in [0.25, 0.3) is 0 Å². The van der Waals surface area contributed by atoms with Gasteiger partial charge in [-0.25, -0.2) is 0 Å². The highest BCUT2D eigenvalue weighted by Crippen LogP contribution is 2.33. The molecule has 6 heteroatoms. The first-order valence-corrected chi connectivity index (χ1v) is 10.4. The van der Waals surface area contributed by atoms with Crippen molar-refractivity contribution in [3.63, 3.8) is 0 Å². The maximum atomic E-state index is 10.1. The van der Waals surface area contributed by atoms with Gasteiger partial charge in [-0.05, 0) is 48.2 Å². The van der Waals surface area contributed by atoms with Gasteiger partial charge in [-0.3, -0.25) is 5.10 Å². The standard InChI is InChI=1S/C25H24N4O2/c30-21-10-11-22(24(31)13-21)17-4-6-18(7-5-17)23-14-25(29-28-23)27-20-3-1-2-16(12-20)15-26-19-8-9-19/h1-7,10-14,19,26,30-31H,8-9,15H2,(H2,27,28,29). The number of aromatic nitrogens is 2. The Morgan fingerprint density at radius 1 is 0.903 bits per heavy atom. The lowest BCUT2D eigenvalue weighted by Crippen LogP contribution is -2.15. The molecule has 1 saturated carbocycles. The molecule has 0 amide bonds. The second-order valence-corrected chi connectivity index (χ2v) is 7.93. The van der Waals surface area contributed by atoms with Crippen molar-refractivity contribution in [2.24, 2.45) is 0 Å². The third-order valence-corrected chi connectivity index (χ3v) is 5.43. The minimum atomic E-state index is 0.0409. The van der Waals surface area contributed by atoms with E-state index in [0.717, 1.165) is 34.9 Å². The molecule has 6 nitrogen and oxygen atoms in total. The molecule has 0 spiro atoms. The Balaban J connectivity index is 1.28. The van der Waals surface area contributed by atoms with Crippen LogP contribution >= 0.6 is 0 Å². The van der Waals surface area contributed by atoms with Crippen molar-refractivity contribution in [3.05, 3.63) is 78.4 Å². The minimum Gasteiger partial charge on any atom is -0.508 e. The number of aromatic amines is 1. The van der Waals surface area contributed by atoms with Crippen LogP contribution in [0.4, 0.5) is 11.5 Å². The molecule has 156 valence electrons. The van der Waals surface area contributed by atoms with Gasteiger partial charge in [0.1, 0.15) is 17.3 Å². The number of benzene rings is 3. The third kappa shape index (κ3) is 4.54. The third-order valence-electron chi connectivity index (χ3n) is 5.43.